The number of carbonyl (C=O) groups excluding carboxylic acids is 1. The van der Waals surface area contributed by atoms with E-state index in [0.717, 1.165) is 31.6 Å². The third-order valence-electron chi connectivity index (χ3n) is 7.45. The first kappa shape index (κ1) is 20.1. The third kappa shape index (κ3) is 3.27. The summed E-state index contributed by atoms with van der Waals surface area (Å²) >= 11 is 0. The van der Waals surface area contributed by atoms with Crippen LogP contribution in [0, 0.1) is 5.92 Å². The van der Waals surface area contributed by atoms with Crippen molar-refractivity contribution in [2.24, 2.45) is 5.92 Å². The van der Waals surface area contributed by atoms with E-state index in [0.29, 0.717) is 31.1 Å². The molecule has 1 amide bonds. The molecule has 1 aromatic rings. The van der Waals surface area contributed by atoms with E-state index in [9.17, 15) is 9.90 Å². The van der Waals surface area contributed by atoms with Gasteiger partial charge in [0.25, 0.3) is 5.95 Å². The standard InChI is InChI=1S/C23H32N2O4/c1-23-9-11-24(2)20(12-15-7-8-16(28-3)13-17(15)23)18(23)14-21(26)25-10-5-6-19(25)22(27)29-4/h7-8,13,18,20,27H,5-6,9-12,14H2,1-4H3/b22-19-/t18-,20?,23+/m0/s1. The molecule has 2 saturated heterocycles. The van der Waals surface area contributed by atoms with Crippen LogP contribution in [-0.4, -0.2) is 61.2 Å². The number of aliphatic hydroxyl groups is 1. The van der Waals surface area contributed by atoms with Crippen molar-refractivity contribution in [3.05, 3.63) is 41.0 Å². The first-order valence-corrected chi connectivity index (χ1v) is 10.5. The van der Waals surface area contributed by atoms with E-state index < -0.39 is 0 Å². The van der Waals surface area contributed by atoms with Crippen molar-refractivity contribution in [3.63, 3.8) is 0 Å². The lowest BCUT2D eigenvalue weighted by Gasteiger charge is -2.55. The second-order valence-corrected chi connectivity index (χ2v) is 8.86. The Balaban J connectivity index is 1.67. The number of fused-ring (bicyclic) bond motifs is 4. The number of hydrogen-bond acceptors (Lipinski definition) is 5. The van der Waals surface area contributed by atoms with E-state index in [1.165, 1.54) is 18.2 Å². The zero-order valence-electron chi connectivity index (χ0n) is 17.9. The molecule has 6 nitrogen and oxygen atoms in total. The fourth-order valence-electron chi connectivity index (χ4n) is 5.69. The Morgan fingerprint density at radius 2 is 2.10 bits per heavy atom. The molecule has 29 heavy (non-hydrogen) atoms. The number of aliphatic hydroxyl groups excluding tert-OH is 1. The van der Waals surface area contributed by atoms with Crippen LogP contribution in [0.5, 0.6) is 5.75 Å². The highest BCUT2D eigenvalue weighted by atomic mass is 16.6. The number of ether oxygens (including phenoxy) is 2. The molecule has 0 aromatic heterocycles. The second-order valence-electron chi connectivity index (χ2n) is 8.86. The maximum absolute atomic E-state index is 13.3. The molecular formula is C23H32N2O4. The number of rotatable bonds is 4. The van der Waals surface area contributed by atoms with Gasteiger partial charge in [-0.1, -0.05) is 13.0 Å². The molecule has 1 N–H and O–H groups in total. The van der Waals surface area contributed by atoms with Gasteiger partial charge in [0.05, 0.1) is 14.2 Å². The molecule has 2 fully saturated rings. The minimum Gasteiger partial charge on any atom is -0.497 e. The van der Waals surface area contributed by atoms with Crippen molar-refractivity contribution in [1.29, 1.82) is 0 Å². The molecule has 0 saturated carbocycles. The van der Waals surface area contributed by atoms with E-state index in [2.05, 4.69) is 31.0 Å². The Kier molecular flexibility index (Phi) is 5.23. The van der Waals surface area contributed by atoms with Crippen LogP contribution in [0.3, 0.4) is 0 Å². The Bertz CT molecular complexity index is 836. The van der Waals surface area contributed by atoms with Gasteiger partial charge in [-0.2, -0.15) is 0 Å². The maximum Gasteiger partial charge on any atom is 0.296 e. The molecule has 3 atom stereocenters. The predicted octanol–water partition coefficient (Wildman–Crippen LogP) is 3.22. The number of benzene rings is 1. The number of methoxy groups -OCH3 is 2. The molecule has 1 aliphatic carbocycles. The molecule has 2 aliphatic heterocycles. The van der Waals surface area contributed by atoms with Crippen molar-refractivity contribution >= 4 is 5.91 Å². The van der Waals surface area contributed by atoms with Crippen molar-refractivity contribution in [3.8, 4) is 5.75 Å². The molecule has 158 valence electrons. The van der Waals surface area contributed by atoms with Crippen molar-refractivity contribution in [2.45, 2.75) is 50.5 Å². The quantitative estimate of drug-likeness (QED) is 0.787. The average molecular weight is 401 g/mol. The lowest BCUT2D eigenvalue weighted by atomic mass is 9.57. The number of likely N-dealkylation sites (tertiary alicyclic amines) is 2. The highest BCUT2D eigenvalue weighted by Gasteiger charge is 2.51. The van der Waals surface area contributed by atoms with Crippen molar-refractivity contribution < 1.29 is 19.4 Å². The van der Waals surface area contributed by atoms with Gasteiger partial charge in [0.2, 0.25) is 5.91 Å². The topological polar surface area (TPSA) is 62.2 Å². The molecule has 1 unspecified atom stereocenters. The van der Waals surface area contributed by atoms with Gasteiger partial charge in [0.15, 0.2) is 0 Å². The lowest BCUT2D eigenvalue weighted by molar-refractivity contribution is -0.132. The average Bonchev–Trinajstić information content (AvgIpc) is 3.22. The predicted molar refractivity (Wildman–Crippen MR) is 111 cm³/mol. The van der Waals surface area contributed by atoms with Gasteiger partial charge in [0.1, 0.15) is 11.4 Å². The third-order valence-corrected chi connectivity index (χ3v) is 7.45. The summed E-state index contributed by atoms with van der Waals surface area (Å²) in [5.74, 6) is 1.06. The van der Waals surface area contributed by atoms with E-state index in [-0.39, 0.29) is 23.2 Å². The van der Waals surface area contributed by atoms with Crippen LogP contribution in [0.25, 0.3) is 0 Å². The number of hydrogen-bond donors (Lipinski definition) is 1. The van der Waals surface area contributed by atoms with E-state index in [1.807, 2.05) is 6.07 Å². The molecule has 4 rings (SSSR count). The van der Waals surface area contributed by atoms with E-state index in [4.69, 9.17) is 9.47 Å². The van der Waals surface area contributed by atoms with Crippen LogP contribution in [0.2, 0.25) is 0 Å². The smallest absolute Gasteiger partial charge is 0.296 e. The van der Waals surface area contributed by atoms with Crippen LogP contribution >= 0.6 is 0 Å². The van der Waals surface area contributed by atoms with Gasteiger partial charge in [-0.05, 0) is 73.9 Å². The second kappa shape index (κ2) is 7.56. The molecule has 6 heteroatoms. The zero-order chi connectivity index (χ0) is 20.8. The minimum atomic E-state index is -0.127. The zero-order valence-corrected chi connectivity index (χ0v) is 17.9. The van der Waals surface area contributed by atoms with Crippen molar-refractivity contribution in [1.82, 2.24) is 9.80 Å². The van der Waals surface area contributed by atoms with Crippen LogP contribution in [-0.2, 0) is 21.4 Å². The summed E-state index contributed by atoms with van der Waals surface area (Å²) in [5, 5.41) is 10.1. The van der Waals surface area contributed by atoms with E-state index in [1.54, 1.807) is 12.0 Å². The van der Waals surface area contributed by atoms with Crippen LogP contribution in [0.4, 0.5) is 0 Å². The normalized spacial score (nSPS) is 30.7. The van der Waals surface area contributed by atoms with Gasteiger partial charge in [0, 0.05) is 19.0 Å². The maximum atomic E-state index is 13.3. The van der Waals surface area contributed by atoms with Gasteiger partial charge >= 0.3 is 0 Å². The number of allylic oxidation sites excluding steroid dienone is 1. The summed E-state index contributed by atoms with van der Waals surface area (Å²) < 4.78 is 10.5. The largest absolute Gasteiger partial charge is 0.497 e. The summed E-state index contributed by atoms with van der Waals surface area (Å²) in [7, 11) is 5.32. The van der Waals surface area contributed by atoms with Crippen LogP contribution in [0.1, 0.15) is 43.7 Å². The van der Waals surface area contributed by atoms with Gasteiger partial charge in [-0.3, -0.25) is 4.79 Å². The van der Waals surface area contributed by atoms with Gasteiger partial charge < -0.3 is 24.4 Å². The summed E-state index contributed by atoms with van der Waals surface area (Å²) in [5.41, 5.74) is 3.25. The fraction of sp³-hybridized carbons (Fsp3) is 0.609. The molecule has 1 aromatic carbocycles. The summed E-state index contributed by atoms with van der Waals surface area (Å²) in [6.45, 7) is 3.99. The molecule has 2 bridgehead atoms. The number of piperidine rings is 1. The first-order chi connectivity index (χ1) is 13.9. The number of nitrogens with zero attached hydrogens (tertiary/aromatic N) is 2. The Morgan fingerprint density at radius 3 is 2.83 bits per heavy atom. The summed E-state index contributed by atoms with van der Waals surface area (Å²) in [6.07, 6.45) is 3.98. The summed E-state index contributed by atoms with van der Waals surface area (Å²) in [4.78, 5) is 17.5. The molecule has 0 radical (unpaired) electrons. The molecule has 3 aliphatic rings. The highest BCUT2D eigenvalue weighted by molar-refractivity contribution is 5.79. The van der Waals surface area contributed by atoms with Gasteiger partial charge in [-0.25, -0.2) is 0 Å². The van der Waals surface area contributed by atoms with Crippen molar-refractivity contribution in [2.75, 3.05) is 34.4 Å². The van der Waals surface area contributed by atoms with Gasteiger partial charge in [-0.15, -0.1) is 0 Å². The number of amides is 1. The Hall–Kier alpha value is -2.21. The highest BCUT2D eigenvalue weighted by Crippen LogP contribution is 2.50. The Morgan fingerprint density at radius 1 is 1.31 bits per heavy atom. The monoisotopic (exact) mass is 400 g/mol. The molecule has 2 heterocycles. The number of carbonyl (C=O) groups is 1. The number of likely N-dealkylation sites (N-methyl/N-ethyl adjacent to an activating group) is 1. The summed E-state index contributed by atoms with van der Waals surface area (Å²) in [6, 6.07) is 6.74. The minimum absolute atomic E-state index is 0.0676. The Labute approximate surface area is 173 Å². The SMILES string of the molecule is CO/C(O)=C1/CCCN1C(=O)C[C@H]1C2Cc3ccc(OC)cc3[C@@]1(C)CCN2C. The van der Waals surface area contributed by atoms with Crippen LogP contribution in [0.15, 0.2) is 29.8 Å². The lowest BCUT2D eigenvalue weighted by Crippen LogP contribution is -2.58. The first-order valence-electron chi connectivity index (χ1n) is 10.5. The fourth-order valence-corrected chi connectivity index (χ4v) is 5.69. The molecule has 0 spiro atoms. The molecular weight excluding hydrogens is 368 g/mol. The van der Waals surface area contributed by atoms with Crippen LogP contribution < -0.4 is 4.74 Å². The van der Waals surface area contributed by atoms with E-state index >= 15 is 0 Å².